The molecular formula is C26H30F5N3O3. The van der Waals surface area contributed by atoms with Crippen LogP contribution in [0.25, 0.3) is 0 Å². The lowest BCUT2D eigenvalue weighted by Crippen LogP contribution is -2.53. The molecule has 2 aromatic carbocycles. The number of benzene rings is 2. The zero-order valence-electron chi connectivity index (χ0n) is 20.6. The molecule has 1 aliphatic carbocycles. The number of likely N-dealkylation sites (tertiary alicyclic amines) is 1. The molecule has 1 saturated carbocycles. The van der Waals surface area contributed by atoms with Crippen molar-refractivity contribution in [1.82, 2.24) is 10.2 Å². The van der Waals surface area contributed by atoms with Gasteiger partial charge in [0.2, 0.25) is 0 Å². The van der Waals surface area contributed by atoms with Crippen LogP contribution in [-0.2, 0) is 5.41 Å². The number of nitrogens with one attached hydrogen (secondary N) is 2. The summed E-state index contributed by atoms with van der Waals surface area (Å²) < 4.78 is 76.7. The number of carbonyl (C=O) groups excluding carboxylic acids is 1. The van der Waals surface area contributed by atoms with Gasteiger partial charge in [-0.05, 0) is 62.1 Å². The second-order valence-electron chi connectivity index (χ2n) is 9.59. The molecule has 6 nitrogen and oxygen atoms in total. The first-order valence-corrected chi connectivity index (χ1v) is 12.1. The minimum atomic E-state index is -4.27. The van der Waals surface area contributed by atoms with Crippen molar-refractivity contribution in [3.63, 3.8) is 0 Å². The molecule has 1 heterocycles. The number of methoxy groups -OCH3 is 2. The van der Waals surface area contributed by atoms with E-state index in [-0.39, 0.29) is 24.3 Å². The highest BCUT2D eigenvalue weighted by atomic mass is 19.4. The van der Waals surface area contributed by atoms with Gasteiger partial charge in [-0.1, -0.05) is 6.07 Å². The van der Waals surface area contributed by atoms with Crippen LogP contribution in [0.4, 0.5) is 32.4 Å². The Morgan fingerprint density at radius 3 is 2.49 bits per heavy atom. The van der Waals surface area contributed by atoms with Gasteiger partial charge in [-0.2, -0.15) is 13.2 Å². The molecule has 0 aromatic heterocycles. The van der Waals surface area contributed by atoms with Crippen molar-refractivity contribution in [3.05, 3.63) is 53.6 Å². The van der Waals surface area contributed by atoms with E-state index < -0.39 is 35.7 Å². The molecule has 0 radical (unpaired) electrons. The zero-order chi connectivity index (χ0) is 26.8. The van der Waals surface area contributed by atoms with Crippen molar-refractivity contribution >= 4 is 11.7 Å². The first-order valence-electron chi connectivity index (χ1n) is 12.1. The summed E-state index contributed by atoms with van der Waals surface area (Å²) in [5.41, 5.74) is 0.661. The van der Waals surface area contributed by atoms with Crippen LogP contribution < -0.4 is 20.1 Å². The summed E-state index contributed by atoms with van der Waals surface area (Å²) in [6.07, 6.45) is -2.82. The van der Waals surface area contributed by atoms with Gasteiger partial charge in [0.05, 0.1) is 20.6 Å². The van der Waals surface area contributed by atoms with E-state index in [4.69, 9.17) is 9.47 Å². The number of alkyl halides is 3. The van der Waals surface area contributed by atoms with E-state index in [1.807, 2.05) is 17.0 Å². The van der Waals surface area contributed by atoms with E-state index in [1.165, 1.54) is 20.3 Å². The van der Waals surface area contributed by atoms with Crippen molar-refractivity contribution in [2.45, 2.75) is 55.8 Å². The minimum absolute atomic E-state index is 0.0968. The van der Waals surface area contributed by atoms with E-state index in [1.54, 1.807) is 6.07 Å². The maximum Gasteiger partial charge on any atom is 0.390 e. The highest BCUT2D eigenvalue weighted by Gasteiger charge is 2.52. The van der Waals surface area contributed by atoms with Gasteiger partial charge in [-0.3, -0.25) is 4.90 Å². The van der Waals surface area contributed by atoms with Gasteiger partial charge in [0, 0.05) is 35.8 Å². The van der Waals surface area contributed by atoms with Gasteiger partial charge >= 0.3 is 12.2 Å². The number of ether oxygens (including phenoxy) is 2. The summed E-state index contributed by atoms with van der Waals surface area (Å²) in [6.45, 7) is 0.375. The largest absolute Gasteiger partial charge is 0.493 e. The fraction of sp³-hybridized carbons (Fsp3) is 0.500. The Hall–Kier alpha value is -3.08. The number of urea groups is 1. The van der Waals surface area contributed by atoms with E-state index in [9.17, 15) is 26.7 Å². The van der Waals surface area contributed by atoms with Gasteiger partial charge in [-0.25, -0.2) is 13.6 Å². The molecule has 3 atom stereocenters. The van der Waals surface area contributed by atoms with Crippen LogP contribution in [0.3, 0.4) is 0 Å². The summed E-state index contributed by atoms with van der Waals surface area (Å²) in [4.78, 5) is 14.4. The van der Waals surface area contributed by atoms with Crippen LogP contribution in [0, 0.1) is 11.6 Å². The molecule has 2 N–H and O–H groups in total. The lowest BCUT2D eigenvalue weighted by Gasteiger charge is -2.45. The van der Waals surface area contributed by atoms with Crippen molar-refractivity contribution < 1.29 is 36.2 Å². The summed E-state index contributed by atoms with van der Waals surface area (Å²) in [5.74, 6) is -0.991. The minimum Gasteiger partial charge on any atom is -0.493 e. The normalized spacial score (nSPS) is 23.9. The fourth-order valence-corrected chi connectivity index (χ4v) is 5.72. The Morgan fingerprint density at radius 2 is 1.81 bits per heavy atom. The number of fused-ring (bicyclic) bond motifs is 1. The predicted molar refractivity (Wildman–Crippen MR) is 128 cm³/mol. The van der Waals surface area contributed by atoms with Crippen LogP contribution in [-0.4, -0.2) is 56.5 Å². The zero-order valence-corrected chi connectivity index (χ0v) is 20.6. The van der Waals surface area contributed by atoms with Crippen molar-refractivity contribution in [2.24, 2.45) is 0 Å². The summed E-state index contributed by atoms with van der Waals surface area (Å²) in [7, 11) is 3.07. The van der Waals surface area contributed by atoms with E-state index in [0.717, 1.165) is 17.7 Å². The topological polar surface area (TPSA) is 62.8 Å². The maximum absolute atomic E-state index is 13.5. The van der Waals surface area contributed by atoms with Crippen LogP contribution in [0.5, 0.6) is 11.5 Å². The monoisotopic (exact) mass is 527 g/mol. The molecule has 2 fully saturated rings. The van der Waals surface area contributed by atoms with Crippen LogP contribution in [0.2, 0.25) is 0 Å². The average molecular weight is 528 g/mol. The number of halogens is 5. The van der Waals surface area contributed by atoms with Crippen molar-refractivity contribution in [1.29, 1.82) is 0 Å². The highest BCUT2D eigenvalue weighted by Crippen LogP contribution is 2.50. The molecule has 1 aliphatic heterocycles. The van der Waals surface area contributed by atoms with Gasteiger partial charge in [0.25, 0.3) is 0 Å². The Bertz CT molecular complexity index is 1130. The Morgan fingerprint density at radius 1 is 1.05 bits per heavy atom. The Kier molecular flexibility index (Phi) is 7.82. The summed E-state index contributed by atoms with van der Waals surface area (Å²) in [6, 6.07) is 7.54. The molecule has 2 aromatic rings. The third-order valence-electron chi connectivity index (χ3n) is 7.52. The quantitative estimate of drug-likeness (QED) is 0.459. The molecule has 4 rings (SSSR count). The number of carbonyl (C=O) groups is 1. The van der Waals surface area contributed by atoms with Crippen LogP contribution >= 0.6 is 0 Å². The number of nitrogens with zero attached hydrogens (tertiary/aromatic N) is 1. The van der Waals surface area contributed by atoms with E-state index in [2.05, 4.69) is 10.6 Å². The molecule has 0 spiro atoms. The summed E-state index contributed by atoms with van der Waals surface area (Å²) >= 11 is 0. The number of hydrogen-bond donors (Lipinski definition) is 2. The average Bonchev–Trinajstić information content (AvgIpc) is 3.23. The molecule has 202 valence electrons. The smallest absolute Gasteiger partial charge is 0.390 e. The van der Waals surface area contributed by atoms with Gasteiger partial charge in [-0.15, -0.1) is 0 Å². The first kappa shape index (κ1) is 27.0. The van der Waals surface area contributed by atoms with Gasteiger partial charge < -0.3 is 20.1 Å². The molecule has 3 unspecified atom stereocenters. The number of amides is 2. The second kappa shape index (κ2) is 10.7. The fourth-order valence-electron chi connectivity index (χ4n) is 5.72. The Balaban J connectivity index is 1.54. The predicted octanol–water partition coefficient (Wildman–Crippen LogP) is 5.62. The van der Waals surface area contributed by atoms with Crippen LogP contribution in [0.1, 0.15) is 37.7 Å². The third kappa shape index (κ3) is 5.92. The molecule has 2 amide bonds. The molecular weight excluding hydrogens is 497 g/mol. The number of hydrogen-bond acceptors (Lipinski definition) is 4. The van der Waals surface area contributed by atoms with E-state index >= 15 is 0 Å². The van der Waals surface area contributed by atoms with Crippen molar-refractivity contribution in [3.8, 4) is 11.5 Å². The number of rotatable bonds is 7. The second-order valence-corrected chi connectivity index (χ2v) is 9.59. The van der Waals surface area contributed by atoms with Gasteiger partial charge in [0.15, 0.2) is 23.1 Å². The standard InChI is InChI=1S/C26H30F5N3O3/c1-36-21-6-3-16(13-22(21)37-2)25-8-7-18(15-23(25)34(11-9-25)12-10-26(29,30)31)33-24(35)32-17-4-5-19(27)20(28)14-17/h3-6,13-14,18,23H,7-12,15H2,1-2H3,(H2,32,33,35). The number of anilines is 1. The Labute approximate surface area is 212 Å². The lowest BCUT2D eigenvalue weighted by molar-refractivity contribution is -0.138. The molecule has 37 heavy (non-hydrogen) atoms. The van der Waals surface area contributed by atoms with Crippen LogP contribution in [0.15, 0.2) is 36.4 Å². The lowest BCUT2D eigenvalue weighted by atomic mass is 9.65. The summed E-state index contributed by atoms with van der Waals surface area (Å²) in [5, 5.41) is 5.35. The maximum atomic E-state index is 13.5. The highest BCUT2D eigenvalue weighted by molar-refractivity contribution is 5.89. The molecule has 11 heteroatoms. The SMILES string of the molecule is COc1ccc(C23CCC(NC(=O)Nc4ccc(F)c(F)c4)CC2N(CCC(F)(F)F)CC3)cc1OC. The molecule has 1 saturated heterocycles. The molecule has 2 aliphatic rings. The molecule has 0 bridgehead atoms. The first-order chi connectivity index (χ1) is 17.5. The van der Waals surface area contributed by atoms with E-state index in [0.29, 0.717) is 43.7 Å². The van der Waals surface area contributed by atoms with Gasteiger partial charge in [0.1, 0.15) is 0 Å². The van der Waals surface area contributed by atoms with Crippen molar-refractivity contribution in [2.75, 3.05) is 32.6 Å². The third-order valence-corrected chi connectivity index (χ3v) is 7.52.